The SMILES string of the molecule is CC1(C)c2ccccc2-c2c(-c3ccccc3)cc(N(c3cc(-c4ccccc4)cc(-c4ccccc4)c3)c3cccc4oc5c(-c6ccccc6)cccc5c34)cc21. The maximum atomic E-state index is 6.90. The van der Waals surface area contributed by atoms with Crippen LogP contribution >= 0.6 is 0 Å². The first kappa shape index (κ1) is 34.8. The highest BCUT2D eigenvalue weighted by Crippen LogP contribution is 2.55. The van der Waals surface area contributed by atoms with Crippen molar-refractivity contribution in [1.82, 2.24) is 0 Å². The van der Waals surface area contributed by atoms with Crippen molar-refractivity contribution in [2.45, 2.75) is 19.3 Å². The van der Waals surface area contributed by atoms with Crippen molar-refractivity contribution < 1.29 is 4.42 Å². The van der Waals surface area contributed by atoms with Crippen molar-refractivity contribution in [1.29, 1.82) is 0 Å². The molecule has 0 amide bonds. The van der Waals surface area contributed by atoms with E-state index in [-0.39, 0.29) is 5.41 Å². The Morgan fingerprint density at radius 3 is 1.56 bits per heavy atom. The Labute approximate surface area is 345 Å². The smallest absolute Gasteiger partial charge is 0.143 e. The number of furan rings is 1. The first-order valence-corrected chi connectivity index (χ1v) is 20.4. The Bertz CT molecular complexity index is 3100. The van der Waals surface area contributed by atoms with Gasteiger partial charge in [0, 0.05) is 27.7 Å². The van der Waals surface area contributed by atoms with Gasteiger partial charge in [-0.15, -0.1) is 0 Å². The predicted molar refractivity (Wildman–Crippen MR) is 248 cm³/mol. The van der Waals surface area contributed by atoms with Crippen LogP contribution in [0, 0.1) is 0 Å². The molecule has 0 radical (unpaired) electrons. The first-order chi connectivity index (χ1) is 29.0. The van der Waals surface area contributed by atoms with Crippen molar-refractivity contribution in [3.8, 4) is 55.6 Å². The van der Waals surface area contributed by atoms with E-state index in [2.05, 4.69) is 231 Å². The van der Waals surface area contributed by atoms with Gasteiger partial charge in [-0.25, -0.2) is 0 Å². The molecule has 0 saturated heterocycles. The molecule has 59 heavy (non-hydrogen) atoms. The molecule has 1 heterocycles. The largest absolute Gasteiger partial charge is 0.455 e. The fourth-order valence-electron chi connectivity index (χ4n) is 9.40. The monoisotopic (exact) mass is 755 g/mol. The van der Waals surface area contributed by atoms with Crippen molar-refractivity contribution in [3.63, 3.8) is 0 Å². The minimum Gasteiger partial charge on any atom is -0.455 e. The molecule has 0 bridgehead atoms. The second kappa shape index (κ2) is 13.9. The van der Waals surface area contributed by atoms with Gasteiger partial charge in [0.1, 0.15) is 11.2 Å². The van der Waals surface area contributed by atoms with E-state index < -0.39 is 0 Å². The lowest BCUT2D eigenvalue weighted by molar-refractivity contribution is 0.660. The summed E-state index contributed by atoms with van der Waals surface area (Å²) >= 11 is 0. The highest BCUT2D eigenvalue weighted by atomic mass is 16.3. The van der Waals surface area contributed by atoms with Gasteiger partial charge in [-0.3, -0.25) is 0 Å². The molecule has 0 unspecified atom stereocenters. The van der Waals surface area contributed by atoms with Crippen LogP contribution in [0.15, 0.2) is 217 Å². The van der Waals surface area contributed by atoms with Crippen LogP contribution in [0.2, 0.25) is 0 Å². The molecule has 0 saturated carbocycles. The number of fused-ring (bicyclic) bond motifs is 6. The molecule has 1 aromatic heterocycles. The van der Waals surface area contributed by atoms with Crippen molar-refractivity contribution >= 4 is 39.0 Å². The molecule has 0 atom stereocenters. The molecule has 1 aliphatic carbocycles. The summed E-state index contributed by atoms with van der Waals surface area (Å²) in [7, 11) is 0. The predicted octanol–water partition coefficient (Wildman–Crippen LogP) is 16.0. The Hall–Kier alpha value is -7.42. The van der Waals surface area contributed by atoms with Crippen LogP contribution in [0.4, 0.5) is 17.1 Å². The fraction of sp³-hybridized carbons (Fsp3) is 0.0526. The van der Waals surface area contributed by atoms with Gasteiger partial charge in [-0.2, -0.15) is 0 Å². The van der Waals surface area contributed by atoms with Gasteiger partial charge in [0.2, 0.25) is 0 Å². The Balaban J connectivity index is 1.25. The summed E-state index contributed by atoms with van der Waals surface area (Å²) < 4.78 is 6.90. The van der Waals surface area contributed by atoms with Gasteiger partial charge >= 0.3 is 0 Å². The zero-order chi connectivity index (χ0) is 39.5. The number of benzene rings is 9. The number of hydrogen-bond acceptors (Lipinski definition) is 2. The lowest BCUT2D eigenvalue weighted by Crippen LogP contribution is -2.17. The van der Waals surface area contributed by atoms with Crippen molar-refractivity contribution in [2.24, 2.45) is 0 Å². The number of rotatable bonds is 7. The Kier molecular flexibility index (Phi) is 8.20. The topological polar surface area (TPSA) is 16.4 Å². The second-order valence-corrected chi connectivity index (χ2v) is 16.1. The zero-order valence-electron chi connectivity index (χ0n) is 33.1. The van der Waals surface area contributed by atoms with E-state index in [1.165, 1.54) is 44.5 Å². The number of anilines is 3. The average Bonchev–Trinajstić information content (AvgIpc) is 3.80. The summed E-state index contributed by atoms with van der Waals surface area (Å²) in [5.41, 5.74) is 19.3. The van der Waals surface area contributed by atoms with Crippen molar-refractivity contribution in [2.75, 3.05) is 4.90 Å². The van der Waals surface area contributed by atoms with Crippen LogP contribution in [-0.4, -0.2) is 0 Å². The molecule has 2 nitrogen and oxygen atoms in total. The lowest BCUT2D eigenvalue weighted by atomic mass is 9.81. The fourth-order valence-corrected chi connectivity index (χ4v) is 9.40. The van der Waals surface area contributed by atoms with E-state index in [4.69, 9.17) is 4.42 Å². The molecule has 9 aromatic carbocycles. The Morgan fingerprint density at radius 2 is 0.915 bits per heavy atom. The third kappa shape index (κ3) is 5.79. The molecule has 280 valence electrons. The van der Waals surface area contributed by atoms with E-state index >= 15 is 0 Å². The van der Waals surface area contributed by atoms with Gasteiger partial charge in [0.15, 0.2) is 0 Å². The third-order valence-corrected chi connectivity index (χ3v) is 12.2. The van der Waals surface area contributed by atoms with E-state index in [1.807, 2.05) is 0 Å². The van der Waals surface area contributed by atoms with Gasteiger partial charge in [-0.05, 0) is 104 Å². The van der Waals surface area contributed by atoms with Gasteiger partial charge < -0.3 is 9.32 Å². The normalized spacial score (nSPS) is 12.7. The standard InChI is InChI=1S/C57H41NO/c1-57(2)50-30-16-15-27-47(50)54-49(41-25-13-6-14-26-41)36-45(37-51(54)57)58(44-34-42(38-19-7-3-8-20-38)33-43(35-44)39-21-9-4-10-22-39)52-31-18-32-53-55(52)48-29-17-28-46(56(48)59-53)40-23-11-5-12-24-40/h3-37H,1-2H3. The van der Waals surface area contributed by atoms with Gasteiger partial charge in [0.05, 0.1) is 11.1 Å². The zero-order valence-corrected chi connectivity index (χ0v) is 33.1. The van der Waals surface area contributed by atoms with E-state index in [0.29, 0.717) is 0 Å². The number of nitrogens with zero attached hydrogens (tertiary/aromatic N) is 1. The minimum atomic E-state index is -0.225. The molecular formula is C57H41NO. The number of hydrogen-bond donors (Lipinski definition) is 0. The second-order valence-electron chi connectivity index (χ2n) is 16.1. The maximum Gasteiger partial charge on any atom is 0.143 e. The van der Waals surface area contributed by atoms with Crippen LogP contribution < -0.4 is 4.90 Å². The molecular weight excluding hydrogens is 715 g/mol. The highest BCUT2D eigenvalue weighted by Gasteiger charge is 2.38. The Morgan fingerprint density at radius 1 is 0.390 bits per heavy atom. The molecule has 10 aromatic rings. The molecule has 1 aliphatic rings. The van der Waals surface area contributed by atoms with Crippen LogP contribution in [0.3, 0.4) is 0 Å². The molecule has 0 aliphatic heterocycles. The summed E-state index contributed by atoms with van der Waals surface area (Å²) in [6, 6.07) is 76.8. The summed E-state index contributed by atoms with van der Waals surface area (Å²) in [6.45, 7) is 4.75. The highest BCUT2D eigenvalue weighted by molar-refractivity contribution is 6.16. The molecule has 0 N–H and O–H groups in total. The maximum absolute atomic E-state index is 6.90. The van der Waals surface area contributed by atoms with E-state index in [1.54, 1.807) is 0 Å². The summed E-state index contributed by atoms with van der Waals surface area (Å²) in [5, 5.41) is 2.16. The summed E-state index contributed by atoms with van der Waals surface area (Å²) in [6.07, 6.45) is 0. The molecule has 0 spiro atoms. The lowest BCUT2D eigenvalue weighted by Gasteiger charge is -2.30. The first-order valence-electron chi connectivity index (χ1n) is 20.4. The molecule has 0 fully saturated rings. The quantitative estimate of drug-likeness (QED) is 0.161. The van der Waals surface area contributed by atoms with Gasteiger partial charge in [-0.1, -0.05) is 184 Å². The van der Waals surface area contributed by atoms with Crippen LogP contribution in [-0.2, 0) is 5.41 Å². The summed E-state index contributed by atoms with van der Waals surface area (Å²) in [4.78, 5) is 2.48. The third-order valence-electron chi connectivity index (χ3n) is 12.2. The van der Waals surface area contributed by atoms with E-state index in [9.17, 15) is 0 Å². The van der Waals surface area contributed by atoms with Gasteiger partial charge in [0.25, 0.3) is 0 Å². The van der Waals surface area contributed by atoms with Crippen LogP contribution in [0.5, 0.6) is 0 Å². The van der Waals surface area contributed by atoms with Crippen molar-refractivity contribution in [3.05, 3.63) is 223 Å². The minimum absolute atomic E-state index is 0.225. The molecule has 11 rings (SSSR count). The molecule has 2 heteroatoms. The van der Waals surface area contributed by atoms with E-state index in [0.717, 1.165) is 61.3 Å². The average molecular weight is 756 g/mol. The number of para-hydroxylation sites is 1. The van der Waals surface area contributed by atoms with Crippen LogP contribution in [0.1, 0.15) is 25.0 Å². The van der Waals surface area contributed by atoms with Crippen LogP contribution in [0.25, 0.3) is 77.6 Å². The summed E-state index contributed by atoms with van der Waals surface area (Å²) in [5.74, 6) is 0.